The van der Waals surface area contributed by atoms with E-state index in [1.807, 2.05) is 0 Å². The third kappa shape index (κ3) is 5.26. The van der Waals surface area contributed by atoms with Gasteiger partial charge in [0.05, 0.1) is 0 Å². The SMILES string of the molecule is CC(=O)Nc1cc(NC(C)=O)cc(C(=O)Nc2cc(F)c(N(C)C)c(F)c2)c1. The topological polar surface area (TPSA) is 90.5 Å². The van der Waals surface area contributed by atoms with Gasteiger partial charge in [0.15, 0.2) is 11.6 Å². The van der Waals surface area contributed by atoms with E-state index in [1.54, 1.807) is 0 Å². The molecule has 0 unspecified atom stereocenters. The van der Waals surface area contributed by atoms with E-state index >= 15 is 0 Å². The van der Waals surface area contributed by atoms with Gasteiger partial charge in [0.1, 0.15) is 5.69 Å². The molecular weight excluding hydrogens is 370 g/mol. The molecule has 0 atom stereocenters. The van der Waals surface area contributed by atoms with Crippen LogP contribution in [0.3, 0.4) is 0 Å². The van der Waals surface area contributed by atoms with Crippen molar-refractivity contribution in [3.8, 4) is 0 Å². The molecule has 3 N–H and O–H groups in total. The minimum absolute atomic E-state index is 0.0726. The predicted octanol–water partition coefficient (Wildman–Crippen LogP) is 3.20. The summed E-state index contributed by atoms with van der Waals surface area (Å²) < 4.78 is 28.2. The smallest absolute Gasteiger partial charge is 0.255 e. The summed E-state index contributed by atoms with van der Waals surface area (Å²) in [4.78, 5) is 36.4. The van der Waals surface area contributed by atoms with Gasteiger partial charge in [-0.2, -0.15) is 0 Å². The van der Waals surface area contributed by atoms with Gasteiger partial charge in [0, 0.05) is 50.6 Å². The Labute approximate surface area is 160 Å². The highest BCUT2D eigenvalue weighted by atomic mass is 19.1. The Hall–Kier alpha value is -3.49. The zero-order valence-electron chi connectivity index (χ0n) is 15.8. The lowest BCUT2D eigenvalue weighted by atomic mass is 10.1. The number of nitrogens with one attached hydrogen (secondary N) is 3. The molecule has 9 heteroatoms. The minimum atomic E-state index is -0.828. The largest absolute Gasteiger partial charge is 0.373 e. The summed E-state index contributed by atoms with van der Waals surface area (Å²) in [6.07, 6.45) is 0. The molecule has 148 valence electrons. The molecule has 0 fully saturated rings. The van der Waals surface area contributed by atoms with Crippen LogP contribution in [-0.4, -0.2) is 31.8 Å². The van der Waals surface area contributed by atoms with E-state index in [1.165, 1.54) is 51.0 Å². The monoisotopic (exact) mass is 390 g/mol. The minimum Gasteiger partial charge on any atom is -0.373 e. The average Bonchev–Trinajstić information content (AvgIpc) is 2.52. The molecule has 2 aromatic carbocycles. The van der Waals surface area contributed by atoms with Gasteiger partial charge in [-0.3, -0.25) is 14.4 Å². The van der Waals surface area contributed by atoms with Gasteiger partial charge in [-0.15, -0.1) is 0 Å². The van der Waals surface area contributed by atoms with Crippen LogP contribution in [0, 0.1) is 11.6 Å². The molecule has 0 aliphatic carbocycles. The van der Waals surface area contributed by atoms with Crippen LogP contribution in [-0.2, 0) is 9.59 Å². The van der Waals surface area contributed by atoms with Crippen LogP contribution < -0.4 is 20.9 Å². The van der Waals surface area contributed by atoms with Gasteiger partial charge in [0.25, 0.3) is 5.91 Å². The number of rotatable bonds is 5. The van der Waals surface area contributed by atoms with Crippen molar-refractivity contribution in [1.82, 2.24) is 0 Å². The molecule has 0 aromatic heterocycles. The van der Waals surface area contributed by atoms with E-state index in [9.17, 15) is 23.2 Å². The van der Waals surface area contributed by atoms with Crippen LogP contribution in [0.5, 0.6) is 0 Å². The van der Waals surface area contributed by atoms with Crippen molar-refractivity contribution in [3.63, 3.8) is 0 Å². The number of amides is 3. The van der Waals surface area contributed by atoms with E-state index < -0.39 is 17.5 Å². The second-order valence-electron chi connectivity index (χ2n) is 6.30. The summed E-state index contributed by atoms with van der Waals surface area (Å²) in [6.45, 7) is 2.59. The molecule has 0 bridgehead atoms. The van der Waals surface area contributed by atoms with Crippen molar-refractivity contribution < 1.29 is 23.2 Å². The lowest BCUT2D eigenvalue weighted by Crippen LogP contribution is -2.17. The van der Waals surface area contributed by atoms with Crippen LogP contribution in [0.25, 0.3) is 0 Å². The van der Waals surface area contributed by atoms with Crippen molar-refractivity contribution in [2.45, 2.75) is 13.8 Å². The maximum Gasteiger partial charge on any atom is 0.255 e. The Balaban J connectivity index is 2.35. The molecule has 0 radical (unpaired) electrons. The fourth-order valence-corrected chi connectivity index (χ4v) is 2.58. The summed E-state index contributed by atoms with van der Waals surface area (Å²) >= 11 is 0. The fraction of sp³-hybridized carbons (Fsp3) is 0.211. The Bertz CT molecular complexity index is 888. The number of nitrogens with zero attached hydrogens (tertiary/aromatic N) is 1. The summed E-state index contributed by atoms with van der Waals surface area (Å²) in [5.74, 6) is -3.06. The number of carbonyl (C=O) groups is 3. The van der Waals surface area contributed by atoms with Gasteiger partial charge in [-0.05, 0) is 30.3 Å². The highest BCUT2D eigenvalue weighted by molar-refractivity contribution is 6.06. The number of halogens is 2. The molecular formula is C19H20F2N4O3. The standard InChI is InChI=1S/C19H20F2N4O3/c1-10(26)22-13-5-12(6-14(7-13)23-11(2)27)19(28)24-15-8-16(20)18(25(3)4)17(21)9-15/h5-9H,1-4H3,(H,22,26)(H,23,27)(H,24,28). The number of carbonyl (C=O) groups excluding carboxylic acids is 3. The number of benzene rings is 2. The third-order valence-electron chi connectivity index (χ3n) is 3.56. The van der Waals surface area contributed by atoms with E-state index in [0.717, 1.165) is 12.1 Å². The Morgan fingerprint density at radius 3 is 1.57 bits per heavy atom. The van der Waals surface area contributed by atoms with Crippen molar-refractivity contribution in [2.24, 2.45) is 0 Å². The first kappa shape index (κ1) is 20.8. The zero-order valence-corrected chi connectivity index (χ0v) is 15.8. The first-order valence-corrected chi connectivity index (χ1v) is 8.25. The number of hydrogen-bond acceptors (Lipinski definition) is 4. The van der Waals surface area contributed by atoms with Gasteiger partial charge in [-0.1, -0.05) is 0 Å². The zero-order chi connectivity index (χ0) is 21.0. The molecule has 3 amide bonds. The highest BCUT2D eigenvalue weighted by Crippen LogP contribution is 2.26. The molecule has 0 heterocycles. The second kappa shape index (κ2) is 8.47. The maximum atomic E-state index is 14.1. The fourth-order valence-electron chi connectivity index (χ4n) is 2.58. The number of hydrogen-bond donors (Lipinski definition) is 3. The summed E-state index contributed by atoms with van der Waals surface area (Å²) in [5.41, 5.74) is 0.344. The van der Waals surface area contributed by atoms with Crippen LogP contribution in [0.4, 0.5) is 31.5 Å². The first-order chi connectivity index (χ1) is 13.1. The summed E-state index contributed by atoms with van der Waals surface area (Å²) in [6, 6.07) is 6.24. The Kier molecular flexibility index (Phi) is 6.29. The van der Waals surface area contributed by atoms with Crippen LogP contribution >= 0.6 is 0 Å². The molecule has 28 heavy (non-hydrogen) atoms. The van der Waals surface area contributed by atoms with Crippen molar-refractivity contribution in [3.05, 3.63) is 47.5 Å². The van der Waals surface area contributed by atoms with Gasteiger partial charge in [-0.25, -0.2) is 8.78 Å². The van der Waals surface area contributed by atoms with Crippen LogP contribution in [0.2, 0.25) is 0 Å². The molecule has 2 aromatic rings. The predicted molar refractivity (Wildman–Crippen MR) is 104 cm³/mol. The average molecular weight is 390 g/mol. The highest BCUT2D eigenvalue weighted by Gasteiger charge is 2.16. The van der Waals surface area contributed by atoms with E-state index in [2.05, 4.69) is 16.0 Å². The van der Waals surface area contributed by atoms with E-state index in [4.69, 9.17) is 0 Å². The molecule has 0 saturated carbocycles. The summed E-state index contributed by atoms with van der Waals surface area (Å²) in [5, 5.41) is 7.44. The Morgan fingerprint density at radius 2 is 1.18 bits per heavy atom. The van der Waals surface area contributed by atoms with Gasteiger partial charge < -0.3 is 20.9 Å². The normalized spacial score (nSPS) is 10.2. The molecule has 0 spiro atoms. The molecule has 0 aliphatic rings. The molecule has 2 rings (SSSR count). The lowest BCUT2D eigenvalue weighted by molar-refractivity contribution is -0.115. The van der Waals surface area contributed by atoms with Gasteiger partial charge in [0.2, 0.25) is 11.8 Å². The van der Waals surface area contributed by atoms with E-state index in [-0.39, 0.29) is 40.1 Å². The van der Waals surface area contributed by atoms with Crippen LogP contribution in [0.1, 0.15) is 24.2 Å². The maximum absolute atomic E-state index is 14.1. The summed E-state index contributed by atoms with van der Waals surface area (Å²) in [7, 11) is 2.99. The van der Waals surface area contributed by atoms with Crippen LogP contribution in [0.15, 0.2) is 30.3 Å². The van der Waals surface area contributed by atoms with Crippen molar-refractivity contribution >= 4 is 40.5 Å². The first-order valence-electron chi connectivity index (χ1n) is 8.25. The lowest BCUT2D eigenvalue weighted by Gasteiger charge is -2.16. The quantitative estimate of drug-likeness (QED) is 0.731. The molecule has 7 nitrogen and oxygen atoms in total. The molecule has 0 saturated heterocycles. The Morgan fingerprint density at radius 1 is 0.750 bits per heavy atom. The van der Waals surface area contributed by atoms with Crippen molar-refractivity contribution in [2.75, 3.05) is 34.9 Å². The number of anilines is 4. The molecule has 0 aliphatic heterocycles. The second-order valence-corrected chi connectivity index (χ2v) is 6.30. The van der Waals surface area contributed by atoms with Crippen molar-refractivity contribution in [1.29, 1.82) is 0 Å². The van der Waals surface area contributed by atoms with Gasteiger partial charge >= 0.3 is 0 Å². The van der Waals surface area contributed by atoms with E-state index in [0.29, 0.717) is 0 Å². The third-order valence-corrected chi connectivity index (χ3v) is 3.56.